The molecule has 2 aromatic rings. The maximum atomic E-state index is 12.1. The summed E-state index contributed by atoms with van der Waals surface area (Å²) in [5, 5.41) is 8.95. The molecule has 0 bridgehead atoms. The molecule has 0 aliphatic heterocycles. The van der Waals surface area contributed by atoms with Crippen molar-refractivity contribution in [2.75, 3.05) is 4.72 Å². The van der Waals surface area contributed by atoms with Crippen molar-refractivity contribution in [3.05, 3.63) is 44.7 Å². The Balaban J connectivity index is 2.31. The molecular weight excluding hydrogens is 372 g/mol. The molecule has 8 heteroatoms. The van der Waals surface area contributed by atoms with Crippen molar-refractivity contribution in [2.45, 2.75) is 4.21 Å². The summed E-state index contributed by atoms with van der Waals surface area (Å²) in [7, 11) is -3.63. The van der Waals surface area contributed by atoms with E-state index in [0.29, 0.717) is 11.3 Å². The van der Waals surface area contributed by atoms with Crippen LogP contribution >= 0.6 is 38.9 Å². The Morgan fingerprint density at radius 3 is 2.58 bits per heavy atom. The molecule has 19 heavy (non-hydrogen) atoms. The molecule has 1 N–H and O–H groups in total. The van der Waals surface area contributed by atoms with Crippen molar-refractivity contribution in [3.63, 3.8) is 0 Å². The van der Waals surface area contributed by atoms with Crippen molar-refractivity contribution in [1.82, 2.24) is 0 Å². The van der Waals surface area contributed by atoms with Gasteiger partial charge in [0, 0.05) is 0 Å². The van der Waals surface area contributed by atoms with Gasteiger partial charge in [0.25, 0.3) is 10.0 Å². The van der Waals surface area contributed by atoms with Gasteiger partial charge in [-0.1, -0.05) is 11.6 Å². The number of halogens is 2. The Morgan fingerprint density at radius 2 is 2.05 bits per heavy atom. The first-order valence-electron chi connectivity index (χ1n) is 4.90. The third kappa shape index (κ3) is 3.28. The second kappa shape index (κ2) is 5.51. The largest absolute Gasteiger partial charge is 0.279 e. The number of nitriles is 1. The van der Waals surface area contributed by atoms with E-state index in [1.165, 1.54) is 24.3 Å². The first-order valence-corrected chi connectivity index (χ1v) is 8.37. The quantitative estimate of drug-likeness (QED) is 0.883. The molecule has 0 radical (unpaired) electrons. The molecule has 0 saturated heterocycles. The number of thiophene rings is 1. The van der Waals surface area contributed by atoms with Gasteiger partial charge in [-0.3, -0.25) is 4.72 Å². The van der Waals surface area contributed by atoms with E-state index >= 15 is 0 Å². The van der Waals surface area contributed by atoms with Crippen LogP contribution in [0.3, 0.4) is 0 Å². The first kappa shape index (κ1) is 14.3. The summed E-state index contributed by atoms with van der Waals surface area (Å²) in [5.41, 5.74) is 0.608. The lowest BCUT2D eigenvalue weighted by Gasteiger charge is -2.06. The Labute approximate surface area is 127 Å². The molecule has 0 aliphatic carbocycles. The van der Waals surface area contributed by atoms with Gasteiger partial charge in [0.2, 0.25) is 0 Å². The van der Waals surface area contributed by atoms with E-state index < -0.39 is 10.0 Å². The predicted octanol–water partition coefficient (Wildman–Crippen LogP) is 3.84. The fourth-order valence-corrected chi connectivity index (χ4v) is 4.60. The van der Waals surface area contributed by atoms with E-state index in [1.807, 2.05) is 6.07 Å². The van der Waals surface area contributed by atoms with Crippen molar-refractivity contribution >= 4 is 54.6 Å². The highest BCUT2D eigenvalue weighted by Crippen LogP contribution is 2.28. The van der Waals surface area contributed by atoms with Crippen LogP contribution in [0.1, 0.15) is 5.56 Å². The van der Waals surface area contributed by atoms with E-state index in [-0.39, 0.29) is 9.23 Å². The van der Waals surface area contributed by atoms with Gasteiger partial charge >= 0.3 is 0 Å². The smallest absolute Gasteiger partial charge is 0.271 e. The average Bonchev–Trinajstić information content (AvgIpc) is 2.76. The Kier molecular flexibility index (Phi) is 4.16. The zero-order chi connectivity index (χ0) is 14.0. The number of hydrogen-bond donors (Lipinski definition) is 1. The van der Waals surface area contributed by atoms with Crippen molar-refractivity contribution in [3.8, 4) is 6.07 Å². The lowest BCUT2D eigenvalue weighted by molar-refractivity contribution is 0.603. The van der Waals surface area contributed by atoms with E-state index in [2.05, 4.69) is 20.7 Å². The Bertz CT molecular complexity index is 765. The molecule has 1 heterocycles. The summed E-state index contributed by atoms with van der Waals surface area (Å²) in [6, 6.07) is 9.42. The maximum Gasteiger partial charge on any atom is 0.271 e. The molecule has 0 saturated carbocycles. The SMILES string of the molecule is N#Cc1ccc(NS(=O)(=O)c2ccc(Br)s2)cc1Cl. The second-order valence-corrected chi connectivity index (χ2v) is 8.25. The number of sulfonamides is 1. The third-order valence-corrected chi connectivity index (χ3v) is 5.96. The molecule has 98 valence electrons. The fourth-order valence-electron chi connectivity index (χ4n) is 1.32. The number of nitrogens with one attached hydrogen (secondary N) is 1. The molecular formula is C11H6BrClN2O2S2. The zero-order valence-electron chi connectivity index (χ0n) is 9.22. The van der Waals surface area contributed by atoms with Crippen LogP contribution < -0.4 is 4.72 Å². The third-order valence-electron chi connectivity index (χ3n) is 2.16. The van der Waals surface area contributed by atoms with Crippen molar-refractivity contribution in [2.24, 2.45) is 0 Å². The summed E-state index contributed by atoms with van der Waals surface area (Å²) in [6.07, 6.45) is 0. The number of rotatable bonds is 3. The zero-order valence-corrected chi connectivity index (χ0v) is 13.2. The molecule has 1 aromatic carbocycles. The Morgan fingerprint density at radius 1 is 1.32 bits per heavy atom. The van der Waals surface area contributed by atoms with Gasteiger partial charge in [-0.25, -0.2) is 8.42 Å². The molecule has 2 rings (SSSR count). The monoisotopic (exact) mass is 376 g/mol. The van der Waals surface area contributed by atoms with Crippen molar-refractivity contribution in [1.29, 1.82) is 5.26 Å². The molecule has 0 atom stereocenters. The molecule has 0 fully saturated rings. The van der Waals surface area contributed by atoms with Crippen LogP contribution in [0, 0.1) is 11.3 Å². The number of nitrogens with zero attached hydrogens (tertiary/aromatic N) is 1. The van der Waals surface area contributed by atoms with Crippen LogP contribution in [0.25, 0.3) is 0 Å². The highest BCUT2D eigenvalue weighted by Gasteiger charge is 2.17. The number of benzene rings is 1. The van der Waals surface area contributed by atoms with E-state index in [1.54, 1.807) is 6.07 Å². The minimum absolute atomic E-state index is 0.194. The molecule has 1 aromatic heterocycles. The second-order valence-electron chi connectivity index (χ2n) is 3.47. The van der Waals surface area contributed by atoms with Gasteiger partial charge in [0.1, 0.15) is 10.3 Å². The highest BCUT2D eigenvalue weighted by atomic mass is 79.9. The fraction of sp³-hybridized carbons (Fsp3) is 0. The summed E-state index contributed by atoms with van der Waals surface area (Å²) >= 11 is 10.2. The van der Waals surface area contributed by atoms with Gasteiger partial charge in [-0.2, -0.15) is 5.26 Å². The summed E-state index contributed by atoms with van der Waals surface area (Å²) in [4.78, 5) is 0. The molecule has 0 spiro atoms. The van der Waals surface area contributed by atoms with Crippen LogP contribution in [0.2, 0.25) is 5.02 Å². The maximum absolute atomic E-state index is 12.1. The number of anilines is 1. The standard InChI is InChI=1S/C11H6BrClN2O2S2/c12-10-3-4-11(18-10)19(16,17)15-8-2-1-7(6-14)9(13)5-8/h1-5,15H. The van der Waals surface area contributed by atoms with E-state index in [0.717, 1.165) is 15.1 Å². The number of hydrogen-bond acceptors (Lipinski definition) is 4. The minimum atomic E-state index is -3.63. The predicted molar refractivity (Wildman–Crippen MR) is 79.0 cm³/mol. The molecule has 0 amide bonds. The van der Waals surface area contributed by atoms with Crippen LogP contribution in [0.5, 0.6) is 0 Å². The van der Waals surface area contributed by atoms with Crippen LogP contribution in [0.15, 0.2) is 38.3 Å². The minimum Gasteiger partial charge on any atom is -0.279 e. The first-order chi connectivity index (χ1) is 8.92. The molecule has 0 unspecified atom stereocenters. The van der Waals surface area contributed by atoms with Gasteiger partial charge in [-0.05, 0) is 46.3 Å². The van der Waals surface area contributed by atoms with Gasteiger partial charge in [0.15, 0.2) is 0 Å². The van der Waals surface area contributed by atoms with E-state index in [9.17, 15) is 8.42 Å². The molecule has 0 aliphatic rings. The topological polar surface area (TPSA) is 70.0 Å². The van der Waals surface area contributed by atoms with Crippen LogP contribution in [0.4, 0.5) is 5.69 Å². The van der Waals surface area contributed by atoms with Crippen LogP contribution in [-0.2, 0) is 10.0 Å². The summed E-state index contributed by atoms with van der Waals surface area (Å²) < 4.78 is 27.4. The normalized spacial score (nSPS) is 11.0. The lowest BCUT2D eigenvalue weighted by Crippen LogP contribution is -2.11. The highest BCUT2D eigenvalue weighted by molar-refractivity contribution is 9.11. The Hall–Kier alpha value is -1.07. The van der Waals surface area contributed by atoms with Gasteiger partial charge < -0.3 is 0 Å². The summed E-state index contributed by atoms with van der Waals surface area (Å²) in [5.74, 6) is 0. The van der Waals surface area contributed by atoms with Crippen molar-refractivity contribution < 1.29 is 8.42 Å². The van der Waals surface area contributed by atoms with Gasteiger partial charge in [0.05, 0.1) is 20.1 Å². The molecule has 4 nitrogen and oxygen atoms in total. The van der Waals surface area contributed by atoms with Gasteiger partial charge in [-0.15, -0.1) is 11.3 Å². The van der Waals surface area contributed by atoms with Crippen LogP contribution in [-0.4, -0.2) is 8.42 Å². The summed E-state index contributed by atoms with van der Waals surface area (Å²) in [6.45, 7) is 0. The average molecular weight is 378 g/mol. The lowest BCUT2D eigenvalue weighted by atomic mass is 10.2. The van der Waals surface area contributed by atoms with E-state index in [4.69, 9.17) is 16.9 Å².